The quantitative estimate of drug-likeness (QED) is 0.718. The van der Waals surface area contributed by atoms with Crippen molar-refractivity contribution in [1.29, 1.82) is 0 Å². The van der Waals surface area contributed by atoms with Crippen LogP contribution in [0.4, 0.5) is 8.78 Å². The van der Waals surface area contributed by atoms with Crippen LogP contribution in [0, 0.1) is 0 Å². The van der Waals surface area contributed by atoms with Crippen molar-refractivity contribution in [3.63, 3.8) is 0 Å². The van der Waals surface area contributed by atoms with Gasteiger partial charge in [-0.25, -0.2) is 18.3 Å². The highest BCUT2D eigenvalue weighted by atomic mass is 19.3. The maximum absolute atomic E-state index is 11.7. The van der Waals surface area contributed by atoms with E-state index in [0.29, 0.717) is 0 Å². The third-order valence-electron chi connectivity index (χ3n) is 1.08. The number of carboxylic acid groups (broad SMARTS) is 1. The highest BCUT2D eigenvalue weighted by Gasteiger charge is 2.10. The third-order valence-corrected chi connectivity index (χ3v) is 1.08. The van der Waals surface area contributed by atoms with Crippen LogP contribution in [0.2, 0.25) is 0 Å². The summed E-state index contributed by atoms with van der Waals surface area (Å²) in [6, 6.07) is 0. The predicted octanol–water partition coefficient (Wildman–Crippen LogP) is 0.241. The van der Waals surface area contributed by atoms with Crippen LogP contribution in [-0.4, -0.2) is 32.5 Å². The molecule has 0 saturated heterocycles. The molecule has 0 unspecified atom stereocenters. The fraction of sp³-hybridized carbons (Fsp3) is 0.400. The van der Waals surface area contributed by atoms with Crippen LogP contribution in [0.25, 0.3) is 0 Å². The van der Waals surface area contributed by atoms with Crippen LogP contribution in [0.1, 0.15) is 10.5 Å². The maximum atomic E-state index is 11.7. The normalized spacial score (nSPS) is 10.6. The summed E-state index contributed by atoms with van der Waals surface area (Å²) in [7, 11) is 0. The highest BCUT2D eigenvalue weighted by molar-refractivity contribution is 5.84. The lowest BCUT2D eigenvalue weighted by Crippen LogP contribution is -2.06. The average Bonchev–Trinajstić information content (AvgIpc) is 2.34. The second-order valence-electron chi connectivity index (χ2n) is 2.02. The minimum atomic E-state index is -2.56. The first-order valence-electron chi connectivity index (χ1n) is 3.01. The molecule has 0 spiro atoms. The zero-order valence-electron chi connectivity index (χ0n) is 5.81. The van der Waals surface area contributed by atoms with Gasteiger partial charge in [-0.05, 0) is 0 Å². The summed E-state index contributed by atoms with van der Waals surface area (Å²) in [6.45, 7) is -0.639. The lowest BCUT2D eigenvalue weighted by Gasteiger charge is -1.95. The molecule has 0 atom stereocenters. The minimum absolute atomic E-state index is 0.337. The zero-order valence-corrected chi connectivity index (χ0v) is 5.81. The van der Waals surface area contributed by atoms with Crippen LogP contribution in [0.3, 0.4) is 0 Å². The number of hydrogen-bond acceptors (Lipinski definition) is 3. The Morgan fingerprint density at radius 3 is 2.83 bits per heavy atom. The second kappa shape index (κ2) is 3.24. The molecule has 1 rings (SSSR count). The van der Waals surface area contributed by atoms with Crippen molar-refractivity contribution in [2.45, 2.75) is 13.0 Å². The van der Waals surface area contributed by atoms with Crippen molar-refractivity contribution < 1.29 is 18.7 Å². The van der Waals surface area contributed by atoms with Crippen LogP contribution < -0.4 is 0 Å². The number of halogens is 2. The molecular formula is C5H5F2N3O2. The van der Waals surface area contributed by atoms with Crippen molar-refractivity contribution in [3.8, 4) is 0 Å². The van der Waals surface area contributed by atoms with E-state index in [2.05, 4.69) is 10.3 Å². The van der Waals surface area contributed by atoms with Gasteiger partial charge in [-0.2, -0.15) is 0 Å². The first-order chi connectivity index (χ1) is 5.59. The summed E-state index contributed by atoms with van der Waals surface area (Å²) in [5, 5.41) is 14.7. The van der Waals surface area contributed by atoms with E-state index in [1.54, 1.807) is 0 Å². The average molecular weight is 177 g/mol. The summed E-state index contributed by atoms with van der Waals surface area (Å²) in [6.07, 6.45) is -1.61. The van der Waals surface area contributed by atoms with E-state index in [0.717, 1.165) is 10.9 Å². The number of alkyl halides is 2. The molecule has 0 saturated carbocycles. The maximum Gasteiger partial charge on any atom is 0.358 e. The minimum Gasteiger partial charge on any atom is -0.476 e. The molecule has 0 aliphatic heterocycles. The van der Waals surface area contributed by atoms with E-state index in [9.17, 15) is 13.6 Å². The Balaban J connectivity index is 2.71. The number of carboxylic acids is 1. The molecule has 0 aromatic carbocycles. The number of nitrogens with zero attached hydrogens (tertiary/aromatic N) is 3. The van der Waals surface area contributed by atoms with E-state index < -0.39 is 18.9 Å². The van der Waals surface area contributed by atoms with Crippen molar-refractivity contribution in [2.75, 3.05) is 0 Å². The third kappa shape index (κ3) is 1.97. The number of hydrogen-bond donors (Lipinski definition) is 1. The van der Waals surface area contributed by atoms with Crippen LogP contribution in [0.15, 0.2) is 6.20 Å². The van der Waals surface area contributed by atoms with Crippen molar-refractivity contribution >= 4 is 5.97 Å². The summed E-state index contributed by atoms with van der Waals surface area (Å²) in [5.41, 5.74) is -0.337. The zero-order chi connectivity index (χ0) is 9.14. The number of rotatable bonds is 3. The van der Waals surface area contributed by atoms with E-state index in [1.807, 2.05) is 0 Å². The molecule has 1 aromatic rings. The Hall–Kier alpha value is -1.53. The lowest BCUT2D eigenvalue weighted by atomic mass is 10.5. The Morgan fingerprint density at radius 1 is 1.75 bits per heavy atom. The summed E-state index contributed by atoms with van der Waals surface area (Å²) in [4.78, 5) is 10.2. The number of aromatic carboxylic acids is 1. The van der Waals surface area contributed by atoms with E-state index in [-0.39, 0.29) is 5.69 Å². The Labute approximate surface area is 65.6 Å². The van der Waals surface area contributed by atoms with Gasteiger partial charge < -0.3 is 5.11 Å². The Bertz CT molecular complexity index is 286. The molecular weight excluding hydrogens is 172 g/mol. The van der Waals surface area contributed by atoms with E-state index >= 15 is 0 Å². The fourth-order valence-electron chi connectivity index (χ4n) is 0.627. The molecule has 7 heteroatoms. The molecule has 1 heterocycles. The molecule has 5 nitrogen and oxygen atoms in total. The van der Waals surface area contributed by atoms with Gasteiger partial charge in [-0.15, -0.1) is 5.10 Å². The molecule has 12 heavy (non-hydrogen) atoms. The van der Waals surface area contributed by atoms with Crippen molar-refractivity contribution in [1.82, 2.24) is 15.0 Å². The van der Waals surface area contributed by atoms with Gasteiger partial charge in [0.15, 0.2) is 5.69 Å². The standard InChI is InChI=1S/C5H5F2N3O2/c6-4(7)2-10-1-3(5(11)12)8-9-10/h1,4H,2H2,(H,11,12). The van der Waals surface area contributed by atoms with E-state index in [4.69, 9.17) is 5.11 Å². The van der Waals surface area contributed by atoms with E-state index in [1.165, 1.54) is 0 Å². The smallest absolute Gasteiger partial charge is 0.358 e. The van der Waals surface area contributed by atoms with Gasteiger partial charge in [0.25, 0.3) is 6.43 Å². The predicted molar refractivity (Wildman–Crippen MR) is 33.0 cm³/mol. The number of carbonyl (C=O) groups is 1. The van der Waals surface area contributed by atoms with Gasteiger partial charge in [0.2, 0.25) is 0 Å². The van der Waals surface area contributed by atoms with Gasteiger partial charge in [-0.3, -0.25) is 0 Å². The van der Waals surface area contributed by atoms with Crippen molar-refractivity contribution in [3.05, 3.63) is 11.9 Å². The monoisotopic (exact) mass is 177 g/mol. The molecule has 0 aliphatic carbocycles. The molecule has 1 aromatic heterocycles. The summed E-state index contributed by atoms with van der Waals surface area (Å²) in [5.74, 6) is -1.28. The molecule has 66 valence electrons. The molecule has 0 amide bonds. The second-order valence-corrected chi connectivity index (χ2v) is 2.02. The van der Waals surface area contributed by atoms with Gasteiger partial charge >= 0.3 is 5.97 Å². The number of aromatic nitrogens is 3. The molecule has 1 N–H and O–H groups in total. The fourth-order valence-corrected chi connectivity index (χ4v) is 0.627. The van der Waals surface area contributed by atoms with Gasteiger partial charge in [0.1, 0.15) is 6.54 Å². The van der Waals surface area contributed by atoms with Gasteiger partial charge in [0, 0.05) is 0 Å². The van der Waals surface area contributed by atoms with Crippen LogP contribution >= 0.6 is 0 Å². The Kier molecular flexibility index (Phi) is 2.32. The molecule has 0 aliphatic rings. The molecule has 0 fully saturated rings. The summed E-state index contributed by atoms with van der Waals surface area (Å²) >= 11 is 0. The SMILES string of the molecule is O=C(O)c1cn(CC(F)F)nn1. The Morgan fingerprint density at radius 2 is 2.42 bits per heavy atom. The lowest BCUT2D eigenvalue weighted by molar-refractivity contribution is 0.0690. The molecule has 0 bridgehead atoms. The van der Waals surface area contributed by atoms with Crippen LogP contribution in [0.5, 0.6) is 0 Å². The summed E-state index contributed by atoms with van der Waals surface area (Å²) < 4.78 is 24.2. The largest absolute Gasteiger partial charge is 0.476 e. The van der Waals surface area contributed by atoms with Crippen molar-refractivity contribution in [2.24, 2.45) is 0 Å². The first kappa shape index (κ1) is 8.57. The topological polar surface area (TPSA) is 68.0 Å². The highest BCUT2D eigenvalue weighted by Crippen LogP contribution is 1.98. The first-order valence-corrected chi connectivity index (χ1v) is 3.01. The molecule has 0 radical (unpaired) electrons. The van der Waals surface area contributed by atoms with Gasteiger partial charge in [-0.1, -0.05) is 5.21 Å². The van der Waals surface area contributed by atoms with Gasteiger partial charge in [0.05, 0.1) is 6.20 Å². The van der Waals surface area contributed by atoms with Crippen LogP contribution in [-0.2, 0) is 6.54 Å².